The van der Waals surface area contributed by atoms with E-state index in [0.29, 0.717) is 40.1 Å². The van der Waals surface area contributed by atoms with Gasteiger partial charge in [0.2, 0.25) is 5.95 Å². The van der Waals surface area contributed by atoms with E-state index in [1.165, 1.54) is 0 Å². The number of ether oxygens (including phenoxy) is 1. The Morgan fingerprint density at radius 3 is 2.76 bits per heavy atom. The van der Waals surface area contributed by atoms with Crippen LogP contribution < -0.4 is 10.5 Å². The largest absolute Gasteiger partial charge is 0.444 e. The third kappa shape index (κ3) is 4.94. The smallest absolute Gasteiger partial charge is 0.410 e. The first-order chi connectivity index (χ1) is 15.5. The van der Waals surface area contributed by atoms with E-state index in [0.717, 1.165) is 18.5 Å². The minimum atomic E-state index is -0.569. The van der Waals surface area contributed by atoms with Crippen LogP contribution in [0.3, 0.4) is 0 Å². The second-order valence-electron chi connectivity index (χ2n) is 9.08. The molecule has 11 heteroatoms. The van der Waals surface area contributed by atoms with Gasteiger partial charge < -0.3 is 14.5 Å². The predicted molar refractivity (Wildman–Crippen MR) is 129 cm³/mol. The zero-order chi connectivity index (χ0) is 23.9. The van der Waals surface area contributed by atoms with Gasteiger partial charge in [0.05, 0.1) is 28.8 Å². The standard InChI is InChI=1S/C22H26Cl2N6O3/c1-22(2,3)33-21(32)29-9-5-6-14(29)12-30-18-17(11-25-30)26-20(27-19(18)31)28(4)13-7-8-15(23)16(24)10-13/h7-8,10-11,14H,5-6,9,12H2,1-4H3,(H,26,27,31)/t14-/m0/s1. The number of benzene rings is 1. The number of hydrogen-bond donors (Lipinski definition) is 1. The van der Waals surface area contributed by atoms with Crippen molar-refractivity contribution in [2.45, 2.75) is 51.8 Å². The predicted octanol–water partition coefficient (Wildman–Crippen LogP) is 4.59. The van der Waals surface area contributed by atoms with Crippen LogP contribution in [-0.4, -0.2) is 56.0 Å². The Morgan fingerprint density at radius 2 is 2.06 bits per heavy atom. The number of carbonyl (C=O) groups excluding carboxylic acids is 1. The number of hydrogen-bond acceptors (Lipinski definition) is 6. The maximum absolute atomic E-state index is 13.0. The van der Waals surface area contributed by atoms with Crippen LogP contribution in [-0.2, 0) is 11.3 Å². The Labute approximate surface area is 201 Å². The molecule has 1 amide bonds. The van der Waals surface area contributed by atoms with Crippen LogP contribution >= 0.6 is 23.2 Å². The van der Waals surface area contributed by atoms with Gasteiger partial charge in [-0.1, -0.05) is 23.2 Å². The lowest BCUT2D eigenvalue weighted by atomic mass is 10.2. The summed E-state index contributed by atoms with van der Waals surface area (Å²) in [5.41, 5.74) is 0.653. The van der Waals surface area contributed by atoms with Crippen LogP contribution in [0.1, 0.15) is 33.6 Å². The van der Waals surface area contributed by atoms with Crippen LogP contribution in [0.15, 0.2) is 29.2 Å². The van der Waals surface area contributed by atoms with Crippen molar-refractivity contribution in [3.05, 3.63) is 44.8 Å². The summed E-state index contributed by atoms with van der Waals surface area (Å²) in [5, 5.41) is 5.23. The highest BCUT2D eigenvalue weighted by atomic mass is 35.5. The molecule has 0 spiro atoms. The summed E-state index contributed by atoms with van der Waals surface area (Å²) < 4.78 is 7.14. The average Bonchev–Trinajstić information content (AvgIpc) is 3.36. The molecule has 1 aliphatic heterocycles. The third-order valence-electron chi connectivity index (χ3n) is 5.48. The number of rotatable bonds is 4. The summed E-state index contributed by atoms with van der Waals surface area (Å²) in [4.78, 5) is 36.4. The molecule has 3 heterocycles. The van der Waals surface area contributed by atoms with Gasteiger partial charge in [0.25, 0.3) is 5.56 Å². The molecule has 1 fully saturated rings. The first-order valence-electron chi connectivity index (χ1n) is 10.7. The molecule has 176 valence electrons. The Hall–Kier alpha value is -2.78. The summed E-state index contributed by atoms with van der Waals surface area (Å²) >= 11 is 12.1. The molecule has 1 saturated heterocycles. The molecule has 1 aliphatic rings. The molecule has 4 rings (SSSR count). The number of aromatic amines is 1. The van der Waals surface area contributed by atoms with Gasteiger partial charge in [-0.25, -0.2) is 9.78 Å². The fourth-order valence-electron chi connectivity index (χ4n) is 3.89. The normalized spacial score (nSPS) is 16.4. The summed E-state index contributed by atoms with van der Waals surface area (Å²) in [6.07, 6.45) is 2.89. The van der Waals surface area contributed by atoms with Crippen molar-refractivity contribution in [3.63, 3.8) is 0 Å². The number of halogens is 2. The van der Waals surface area contributed by atoms with E-state index in [-0.39, 0.29) is 17.7 Å². The highest BCUT2D eigenvalue weighted by Crippen LogP contribution is 2.29. The van der Waals surface area contributed by atoms with Gasteiger partial charge in [-0.3, -0.25) is 14.5 Å². The fourth-order valence-corrected chi connectivity index (χ4v) is 4.19. The summed E-state index contributed by atoms with van der Waals surface area (Å²) in [6.45, 7) is 6.53. The monoisotopic (exact) mass is 492 g/mol. The average molecular weight is 493 g/mol. The fraction of sp³-hybridized carbons (Fsp3) is 0.455. The molecule has 3 aromatic rings. The van der Waals surface area contributed by atoms with E-state index in [1.54, 1.807) is 45.9 Å². The maximum atomic E-state index is 13.0. The van der Waals surface area contributed by atoms with Gasteiger partial charge in [-0.05, 0) is 51.8 Å². The van der Waals surface area contributed by atoms with Crippen molar-refractivity contribution >= 4 is 52.0 Å². The van der Waals surface area contributed by atoms with Crippen molar-refractivity contribution in [1.29, 1.82) is 0 Å². The van der Waals surface area contributed by atoms with Crippen LogP contribution in [0.4, 0.5) is 16.4 Å². The van der Waals surface area contributed by atoms with Crippen molar-refractivity contribution in [2.75, 3.05) is 18.5 Å². The number of carbonyl (C=O) groups is 1. The molecule has 1 aromatic carbocycles. The number of anilines is 2. The summed E-state index contributed by atoms with van der Waals surface area (Å²) in [5.74, 6) is 0.349. The Bertz CT molecular complexity index is 1250. The van der Waals surface area contributed by atoms with E-state index >= 15 is 0 Å². The third-order valence-corrected chi connectivity index (χ3v) is 6.22. The van der Waals surface area contributed by atoms with Crippen molar-refractivity contribution in [3.8, 4) is 0 Å². The SMILES string of the molecule is CN(c1ccc(Cl)c(Cl)c1)c1nc2cnn(C[C@@H]3CCCN3C(=O)OC(C)(C)C)c2c(=O)[nH]1. The first-order valence-corrected chi connectivity index (χ1v) is 11.4. The second kappa shape index (κ2) is 8.87. The lowest BCUT2D eigenvalue weighted by Gasteiger charge is -2.28. The number of nitrogens with zero attached hydrogens (tertiary/aromatic N) is 5. The van der Waals surface area contributed by atoms with Crippen molar-refractivity contribution in [2.24, 2.45) is 0 Å². The number of amides is 1. The van der Waals surface area contributed by atoms with E-state index in [4.69, 9.17) is 27.9 Å². The van der Waals surface area contributed by atoms with E-state index in [9.17, 15) is 9.59 Å². The van der Waals surface area contributed by atoms with Gasteiger partial charge in [0, 0.05) is 19.3 Å². The summed E-state index contributed by atoms with van der Waals surface area (Å²) in [6, 6.07) is 5.05. The second-order valence-corrected chi connectivity index (χ2v) is 9.89. The lowest BCUT2D eigenvalue weighted by Crippen LogP contribution is -2.41. The number of H-pyrrole nitrogens is 1. The highest BCUT2D eigenvalue weighted by Gasteiger charge is 2.33. The molecular weight excluding hydrogens is 467 g/mol. The van der Waals surface area contributed by atoms with Crippen LogP contribution in [0.5, 0.6) is 0 Å². The minimum absolute atomic E-state index is 0.110. The van der Waals surface area contributed by atoms with Crippen LogP contribution in [0.25, 0.3) is 11.0 Å². The highest BCUT2D eigenvalue weighted by molar-refractivity contribution is 6.42. The molecule has 9 nitrogen and oxygen atoms in total. The molecule has 33 heavy (non-hydrogen) atoms. The van der Waals surface area contributed by atoms with Gasteiger partial charge in [0.1, 0.15) is 11.1 Å². The van der Waals surface area contributed by atoms with E-state index in [1.807, 2.05) is 20.8 Å². The van der Waals surface area contributed by atoms with Gasteiger partial charge >= 0.3 is 6.09 Å². The van der Waals surface area contributed by atoms with Crippen LogP contribution in [0.2, 0.25) is 10.0 Å². The molecule has 0 saturated carbocycles. The number of nitrogens with one attached hydrogen (secondary N) is 1. The number of likely N-dealkylation sites (tertiary alicyclic amines) is 1. The molecule has 2 aromatic heterocycles. The molecule has 0 bridgehead atoms. The van der Waals surface area contributed by atoms with E-state index in [2.05, 4.69) is 15.1 Å². The van der Waals surface area contributed by atoms with Gasteiger partial charge in [-0.2, -0.15) is 5.10 Å². The minimum Gasteiger partial charge on any atom is -0.444 e. The lowest BCUT2D eigenvalue weighted by molar-refractivity contribution is 0.0212. The van der Waals surface area contributed by atoms with E-state index < -0.39 is 5.60 Å². The number of fused-ring (bicyclic) bond motifs is 1. The molecule has 1 N–H and O–H groups in total. The maximum Gasteiger partial charge on any atom is 0.410 e. The van der Waals surface area contributed by atoms with Crippen molar-refractivity contribution < 1.29 is 9.53 Å². The molecule has 0 unspecified atom stereocenters. The Balaban J connectivity index is 1.59. The molecule has 0 aliphatic carbocycles. The Kier molecular flexibility index (Phi) is 6.28. The van der Waals surface area contributed by atoms with Crippen molar-refractivity contribution in [1.82, 2.24) is 24.6 Å². The molecular formula is C22H26Cl2N6O3. The molecule has 0 radical (unpaired) electrons. The van der Waals surface area contributed by atoms with Gasteiger partial charge in [0.15, 0.2) is 5.52 Å². The zero-order valence-corrected chi connectivity index (χ0v) is 20.4. The number of aromatic nitrogens is 4. The topological polar surface area (TPSA) is 96.3 Å². The zero-order valence-electron chi connectivity index (χ0n) is 18.9. The quantitative estimate of drug-likeness (QED) is 0.571. The van der Waals surface area contributed by atoms with Crippen LogP contribution in [0, 0.1) is 0 Å². The summed E-state index contributed by atoms with van der Waals surface area (Å²) in [7, 11) is 1.77. The van der Waals surface area contributed by atoms with Gasteiger partial charge in [-0.15, -0.1) is 0 Å². The molecule has 1 atom stereocenters. The first kappa shape index (κ1) is 23.4. The Morgan fingerprint density at radius 1 is 1.30 bits per heavy atom.